The van der Waals surface area contributed by atoms with Crippen LogP contribution in [0.15, 0.2) is 24.3 Å². The lowest BCUT2D eigenvalue weighted by Crippen LogP contribution is -2.40. The van der Waals surface area contributed by atoms with Gasteiger partial charge in [-0.1, -0.05) is 57.0 Å². The summed E-state index contributed by atoms with van der Waals surface area (Å²) < 4.78 is 24.7. The first-order valence-corrected chi connectivity index (χ1v) is 9.26. The number of rotatable bonds is 8. The van der Waals surface area contributed by atoms with E-state index in [1.807, 2.05) is 13.0 Å². The van der Waals surface area contributed by atoms with Gasteiger partial charge in [-0.25, -0.2) is 8.42 Å². The van der Waals surface area contributed by atoms with Crippen LogP contribution in [0.5, 0.6) is 0 Å². The normalized spacial score (nSPS) is 15.0. The molecule has 0 bridgehead atoms. The molecule has 1 rings (SSSR count). The summed E-state index contributed by atoms with van der Waals surface area (Å²) in [5, 5.41) is 3.79. The second-order valence-electron chi connectivity index (χ2n) is 5.20. The van der Waals surface area contributed by atoms with Gasteiger partial charge in [-0.2, -0.15) is 0 Å². The van der Waals surface area contributed by atoms with Gasteiger partial charge >= 0.3 is 0 Å². The smallest absolute Gasteiger partial charge is 0.156 e. The Morgan fingerprint density at radius 1 is 1.25 bits per heavy atom. The molecule has 0 spiro atoms. The lowest BCUT2D eigenvalue weighted by atomic mass is 10.0. The van der Waals surface area contributed by atoms with Crippen molar-refractivity contribution in [3.8, 4) is 0 Å². The molecule has 1 N–H and O–H groups in total. The summed E-state index contributed by atoms with van der Waals surface area (Å²) in [6, 6.07) is 7.11. The SMILES string of the molecule is CCNC(CS(=O)(=O)Cc1ccccc1Cl)C(C)CC. The van der Waals surface area contributed by atoms with Crippen LogP contribution >= 0.6 is 11.6 Å². The second kappa shape index (κ2) is 8.01. The molecule has 114 valence electrons. The van der Waals surface area contributed by atoms with Crippen molar-refractivity contribution in [2.24, 2.45) is 5.92 Å². The van der Waals surface area contributed by atoms with Crippen molar-refractivity contribution in [2.45, 2.75) is 39.0 Å². The Balaban J connectivity index is 2.80. The summed E-state index contributed by atoms with van der Waals surface area (Å²) in [7, 11) is -3.18. The van der Waals surface area contributed by atoms with E-state index < -0.39 is 9.84 Å². The third-order valence-corrected chi connectivity index (χ3v) is 5.55. The largest absolute Gasteiger partial charge is 0.313 e. The van der Waals surface area contributed by atoms with E-state index in [2.05, 4.69) is 19.2 Å². The molecule has 0 amide bonds. The third-order valence-electron chi connectivity index (χ3n) is 3.56. The van der Waals surface area contributed by atoms with Crippen LogP contribution in [-0.2, 0) is 15.6 Å². The molecule has 0 aliphatic rings. The fourth-order valence-electron chi connectivity index (χ4n) is 2.16. The van der Waals surface area contributed by atoms with Gasteiger partial charge in [0.25, 0.3) is 0 Å². The van der Waals surface area contributed by atoms with Crippen LogP contribution in [0.25, 0.3) is 0 Å². The molecular formula is C15H24ClNO2S. The van der Waals surface area contributed by atoms with E-state index >= 15 is 0 Å². The molecule has 0 fully saturated rings. The van der Waals surface area contributed by atoms with Gasteiger partial charge < -0.3 is 5.32 Å². The van der Waals surface area contributed by atoms with Gasteiger partial charge in [0.1, 0.15) is 0 Å². The van der Waals surface area contributed by atoms with E-state index in [1.54, 1.807) is 18.2 Å². The van der Waals surface area contributed by atoms with Crippen molar-refractivity contribution in [1.82, 2.24) is 5.32 Å². The lowest BCUT2D eigenvalue weighted by Gasteiger charge is -2.23. The highest BCUT2D eigenvalue weighted by atomic mass is 35.5. The van der Waals surface area contributed by atoms with E-state index in [-0.39, 0.29) is 17.5 Å². The first-order valence-electron chi connectivity index (χ1n) is 7.06. The van der Waals surface area contributed by atoms with Crippen molar-refractivity contribution in [3.63, 3.8) is 0 Å². The quantitative estimate of drug-likeness (QED) is 0.800. The lowest BCUT2D eigenvalue weighted by molar-refractivity contribution is 0.398. The molecule has 5 heteroatoms. The Morgan fingerprint density at radius 3 is 2.45 bits per heavy atom. The van der Waals surface area contributed by atoms with Gasteiger partial charge in [-0.05, 0) is 24.1 Å². The minimum absolute atomic E-state index is 0.00233. The fraction of sp³-hybridized carbons (Fsp3) is 0.600. The molecule has 0 saturated heterocycles. The summed E-state index contributed by atoms with van der Waals surface area (Å²) in [6.07, 6.45) is 0.958. The van der Waals surface area contributed by atoms with Crippen LogP contribution in [0.2, 0.25) is 5.02 Å². The van der Waals surface area contributed by atoms with Crippen molar-refractivity contribution in [2.75, 3.05) is 12.3 Å². The summed E-state index contributed by atoms with van der Waals surface area (Å²) in [5.74, 6) is 0.488. The Labute approximate surface area is 127 Å². The van der Waals surface area contributed by atoms with E-state index in [1.165, 1.54) is 0 Å². The van der Waals surface area contributed by atoms with E-state index in [0.29, 0.717) is 16.5 Å². The zero-order valence-corrected chi connectivity index (χ0v) is 14.0. The molecule has 0 aromatic heterocycles. The van der Waals surface area contributed by atoms with Crippen LogP contribution < -0.4 is 5.32 Å². The van der Waals surface area contributed by atoms with Crippen LogP contribution in [0.4, 0.5) is 0 Å². The zero-order chi connectivity index (χ0) is 15.2. The van der Waals surface area contributed by atoms with Crippen molar-refractivity contribution in [3.05, 3.63) is 34.9 Å². The molecule has 20 heavy (non-hydrogen) atoms. The minimum atomic E-state index is -3.18. The third kappa shape index (κ3) is 5.43. The summed E-state index contributed by atoms with van der Waals surface area (Å²) in [5.41, 5.74) is 0.675. The molecule has 3 nitrogen and oxygen atoms in total. The summed E-state index contributed by atoms with van der Waals surface area (Å²) in [4.78, 5) is 0. The van der Waals surface area contributed by atoms with Gasteiger partial charge in [0.15, 0.2) is 9.84 Å². The maximum Gasteiger partial charge on any atom is 0.156 e. The Kier molecular flexibility index (Phi) is 7.00. The predicted molar refractivity (Wildman–Crippen MR) is 85.9 cm³/mol. The maximum atomic E-state index is 12.4. The molecule has 2 atom stereocenters. The number of hydrogen-bond donors (Lipinski definition) is 1. The highest BCUT2D eigenvalue weighted by molar-refractivity contribution is 7.90. The molecule has 2 unspecified atom stereocenters. The molecule has 0 radical (unpaired) electrons. The van der Waals surface area contributed by atoms with E-state index in [9.17, 15) is 8.42 Å². The Bertz CT molecular complexity index is 516. The molecule has 0 aliphatic heterocycles. The molecule has 0 heterocycles. The second-order valence-corrected chi connectivity index (χ2v) is 7.71. The summed E-state index contributed by atoms with van der Waals surface area (Å²) in [6.45, 7) is 6.93. The first kappa shape index (κ1) is 17.5. The predicted octanol–water partition coefficient (Wildman–Crippen LogP) is 3.28. The monoisotopic (exact) mass is 317 g/mol. The zero-order valence-electron chi connectivity index (χ0n) is 12.4. The van der Waals surface area contributed by atoms with Crippen molar-refractivity contribution >= 4 is 21.4 Å². The average Bonchev–Trinajstić information content (AvgIpc) is 2.39. The number of halogens is 1. The number of benzene rings is 1. The van der Waals surface area contributed by atoms with Gasteiger partial charge in [0.2, 0.25) is 0 Å². The topological polar surface area (TPSA) is 46.2 Å². The van der Waals surface area contributed by atoms with Crippen molar-refractivity contribution in [1.29, 1.82) is 0 Å². The van der Waals surface area contributed by atoms with Crippen LogP contribution in [0, 0.1) is 5.92 Å². The van der Waals surface area contributed by atoms with Crippen LogP contribution in [0.3, 0.4) is 0 Å². The van der Waals surface area contributed by atoms with E-state index in [4.69, 9.17) is 11.6 Å². The number of nitrogens with one attached hydrogen (secondary N) is 1. The van der Waals surface area contributed by atoms with Crippen LogP contribution in [-0.4, -0.2) is 26.8 Å². The Morgan fingerprint density at radius 2 is 1.90 bits per heavy atom. The van der Waals surface area contributed by atoms with Gasteiger partial charge in [-0.3, -0.25) is 0 Å². The standard InChI is InChI=1S/C15H24ClNO2S/c1-4-12(3)15(17-5-2)11-20(18,19)10-13-8-6-7-9-14(13)16/h6-9,12,15,17H,4-5,10-11H2,1-3H3. The van der Waals surface area contributed by atoms with Crippen LogP contribution in [0.1, 0.15) is 32.8 Å². The molecule has 0 saturated carbocycles. The Hall–Kier alpha value is -0.580. The fourth-order valence-corrected chi connectivity index (χ4v) is 4.27. The number of sulfone groups is 1. The summed E-state index contributed by atoms with van der Waals surface area (Å²) >= 11 is 6.04. The molecule has 1 aromatic rings. The maximum absolute atomic E-state index is 12.4. The van der Waals surface area contributed by atoms with Gasteiger partial charge in [0, 0.05) is 11.1 Å². The highest BCUT2D eigenvalue weighted by Gasteiger charge is 2.23. The molecular weight excluding hydrogens is 294 g/mol. The van der Waals surface area contributed by atoms with Gasteiger partial charge in [-0.15, -0.1) is 0 Å². The molecule has 0 aliphatic carbocycles. The van der Waals surface area contributed by atoms with E-state index in [0.717, 1.165) is 13.0 Å². The minimum Gasteiger partial charge on any atom is -0.313 e. The first-order chi connectivity index (χ1) is 9.39. The van der Waals surface area contributed by atoms with Gasteiger partial charge in [0.05, 0.1) is 11.5 Å². The highest BCUT2D eigenvalue weighted by Crippen LogP contribution is 2.19. The average molecular weight is 318 g/mol. The molecule has 1 aromatic carbocycles. The van der Waals surface area contributed by atoms with Crippen molar-refractivity contribution < 1.29 is 8.42 Å². The number of hydrogen-bond acceptors (Lipinski definition) is 3.